The molecule has 0 N–H and O–H groups in total. The zero-order chi connectivity index (χ0) is 15.7. The van der Waals surface area contributed by atoms with Crippen molar-refractivity contribution >= 4 is 11.5 Å². The third-order valence-corrected chi connectivity index (χ3v) is 3.26. The molecule has 0 heterocycles. The van der Waals surface area contributed by atoms with Gasteiger partial charge in [-0.1, -0.05) is 42.5 Å². The fraction of sp³-hybridized carbons (Fsp3) is 0.267. The molecule has 112 valence electrons. The summed E-state index contributed by atoms with van der Waals surface area (Å²) in [5.41, 5.74) is -2.53. The van der Waals surface area contributed by atoms with E-state index in [0.29, 0.717) is 17.7 Å². The Kier molecular flexibility index (Phi) is 3.89. The SMILES string of the molecule is COC(=O)C1(F)C=CC(c2ccccc2)=CC1C(F)(F)F. The highest BCUT2D eigenvalue weighted by Gasteiger charge is 2.58. The zero-order valence-electron chi connectivity index (χ0n) is 11.0. The molecule has 1 aliphatic rings. The van der Waals surface area contributed by atoms with Crippen LogP contribution in [0.15, 0.2) is 48.6 Å². The van der Waals surface area contributed by atoms with Gasteiger partial charge in [0.1, 0.15) is 5.92 Å². The number of rotatable bonds is 2. The van der Waals surface area contributed by atoms with Crippen LogP contribution in [0.25, 0.3) is 5.57 Å². The van der Waals surface area contributed by atoms with Gasteiger partial charge in [-0.3, -0.25) is 0 Å². The molecule has 0 spiro atoms. The van der Waals surface area contributed by atoms with E-state index in [-0.39, 0.29) is 5.57 Å². The smallest absolute Gasteiger partial charge is 0.399 e. The van der Waals surface area contributed by atoms with E-state index in [1.54, 1.807) is 30.3 Å². The molecule has 0 amide bonds. The molecular formula is C15H12F4O2. The van der Waals surface area contributed by atoms with E-state index in [0.717, 1.165) is 13.2 Å². The number of ether oxygens (including phenoxy) is 1. The van der Waals surface area contributed by atoms with Crippen LogP contribution in [0.3, 0.4) is 0 Å². The molecule has 0 aliphatic heterocycles. The van der Waals surface area contributed by atoms with E-state index in [1.165, 1.54) is 0 Å². The van der Waals surface area contributed by atoms with Crippen LogP contribution in [0, 0.1) is 5.92 Å². The lowest BCUT2D eigenvalue weighted by Crippen LogP contribution is -2.48. The molecule has 1 aliphatic carbocycles. The van der Waals surface area contributed by atoms with Gasteiger partial charge in [0.2, 0.25) is 5.67 Å². The molecule has 2 unspecified atom stereocenters. The molecule has 0 saturated heterocycles. The van der Waals surface area contributed by atoms with E-state index in [1.807, 2.05) is 0 Å². The van der Waals surface area contributed by atoms with E-state index >= 15 is 0 Å². The predicted octanol–water partition coefficient (Wildman–Crippen LogP) is 3.70. The van der Waals surface area contributed by atoms with Crippen molar-refractivity contribution in [1.29, 1.82) is 0 Å². The fourth-order valence-electron chi connectivity index (χ4n) is 2.18. The number of hydrogen-bond donors (Lipinski definition) is 0. The minimum Gasteiger partial charge on any atom is -0.466 e. The number of benzene rings is 1. The van der Waals surface area contributed by atoms with Crippen LogP contribution in [0.2, 0.25) is 0 Å². The standard InChI is InChI=1S/C15H12F4O2/c1-21-13(20)14(16)8-7-11(9-12(14)15(17,18)19)10-5-3-2-4-6-10/h2-9,12H,1H3. The quantitative estimate of drug-likeness (QED) is 0.615. The minimum atomic E-state index is -4.91. The van der Waals surface area contributed by atoms with Crippen molar-refractivity contribution in [2.45, 2.75) is 11.8 Å². The van der Waals surface area contributed by atoms with Crippen molar-refractivity contribution in [1.82, 2.24) is 0 Å². The second-order valence-corrected chi connectivity index (χ2v) is 4.60. The maximum absolute atomic E-state index is 14.5. The predicted molar refractivity (Wildman–Crippen MR) is 69.0 cm³/mol. The molecule has 2 nitrogen and oxygen atoms in total. The first kappa shape index (κ1) is 15.3. The summed E-state index contributed by atoms with van der Waals surface area (Å²) in [6.45, 7) is 0. The molecule has 2 rings (SSSR count). The molecule has 0 radical (unpaired) electrons. The topological polar surface area (TPSA) is 26.3 Å². The van der Waals surface area contributed by atoms with Crippen LogP contribution in [0.4, 0.5) is 17.6 Å². The Balaban J connectivity index is 2.48. The molecule has 0 fully saturated rings. The second kappa shape index (κ2) is 5.35. The maximum atomic E-state index is 14.5. The largest absolute Gasteiger partial charge is 0.466 e. The Labute approximate surface area is 118 Å². The molecule has 1 aromatic carbocycles. The van der Waals surface area contributed by atoms with Gasteiger partial charge in [0, 0.05) is 0 Å². The maximum Gasteiger partial charge on any atom is 0.399 e. The normalized spacial score (nSPS) is 25.4. The third-order valence-electron chi connectivity index (χ3n) is 3.26. The van der Waals surface area contributed by atoms with Crippen LogP contribution >= 0.6 is 0 Å². The zero-order valence-corrected chi connectivity index (χ0v) is 11.0. The number of carbonyl (C=O) groups excluding carboxylic acids is 1. The fourth-order valence-corrected chi connectivity index (χ4v) is 2.18. The number of hydrogen-bond acceptors (Lipinski definition) is 2. The van der Waals surface area contributed by atoms with Gasteiger partial charge in [-0.05, 0) is 17.2 Å². The molecule has 2 atom stereocenters. The van der Waals surface area contributed by atoms with Gasteiger partial charge >= 0.3 is 12.1 Å². The first-order valence-corrected chi connectivity index (χ1v) is 6.09. The number of allylic oxidation sites excluding steroid dienone is 3. The Hall–Kier alpha value is -2.11. The lowest BCUT2D eigenvalue weighted by molar-refractivity contribution is -0.199. The monoisotopic (exact) mass is 300 g/mol. The highest BCUT2D eigenvalue weighted by atomic mass is 19.4. The Morgan fingerprint density at radius 2 is 1.86 bits per heavy atom. The number of esters is 1. The van der Waals surface area contributed by atoms with Crippen molar-refractivity contribution in [2.24, 2.45) is 5.92 Å². The molecular weight excluding hydrogens is 288 g/mol. The summed E-state index contributed by atoms with van der Waals surface area (Å²) in [6, 6.07) is 8.24. The van der Waals surface area contributed by atoms with Crippen LogP contribution in [-0.4, -0.2) is 24.9 Å². The highest BCUT2D eigenvalue weighted by molar-refractivity contribution is 5.87. The first-order chi connectivity index (χ1) is 9.79. The van der Waals surface area contributed by atoms with Crippen molar-refractivity contribution in [2.75, 3.05) is 7.11 Å². The van der Waals surface area contributed by atoms with Gasteiger partial charge in [-0.25, -0.2) is 9.18 Å². The number of methoxy groups -OCH3 is 1. The molecule has 6 heteroatoms. The Bertz CT molecular complexity index is 589. The van der Waals surface area contributed by atoms with Crippen molar-refractivity contribution in [3.8, 4) is 0 Å². The van der Waals surface area contributed by atoms with Gasteiger partial charge < -0.3 is 4.74 Å². The Morgan fingerprint density at radius 1 is 1.24 bits per heavy atom. The Morgan fingerprint density at radius 3 is 2.38 bits per heavy atom. The van der Waals surface area contributed by atoms with Gasteiger partial charge in [-0.2, -0.15) is 13.2 Å². The van der Waals surface area contributed by atoms with E-state index in [4.69, 9.17) is 0 Å². The van der Waals surface area contributed by atoms with Crippen LogP contribution in [0.5, 0.6) is 0 Å². The van der Waals surface area contributed by atoms with Crippen molar-refractivity contribution in [3.05, 3.63) is 54.1 Å². The molecule has 21 heavy (non-hydrogen) atoms. The summed E-state index contributed by atoms with van der Waals surface area (Å²) in [6.07, 6.45) is -2.42. The second-order valence-electron chi connectivity index (χ2n) is 4.60. The minimum absolute atomic E-state index is 0.204. The average molecular weight is 300 g/mol. The molecule has 1 aromatic rings. The lowest BCUT2D eigenvalue weighted by Gasteiger charge is -2.31. The first-order valence-electron chi connectivity index (χ1n) is 6.09. The summed E-state index contributed by atoms with van der Waals surface area (Å²) >= 11 is 0. The van der Waals surface area contributed by atoms with Crippen molar-refractivity contribution in [3.63, 3.8) is 0 Å². The molecule has 0 saturated carbocycles. The summed E-state index contributed by atoms with van der Waals surface area (Å²) in [4.78, 5) is 11.4. The van der Waals surface area contributed by atoms with Crippen LogP contribution < -0.4 is 0 Å². The van der Waals surface area contributed by atoms with E-state index < -0.39 is 23.7 Å². The summed E-state index contributed by atoms with van der Waals surface area (Å²) in [5, 5.41) is 0. The summed E-state index contributed by atoms with van der Waals surface area (Å²) < 4.78 is 57.9. The van der Waals surface area contributed by atoms with E-state index in [9.17, 15) is 22.4 Å². The average Bonchev–Trinajstić information content (AvgIpc) is 2.46. The summed E-state index contributed by atoms with van der Waals surface area (Å²) in [5.74, 6) is -4.15. The van der Waals surface area contributed by atoms with Crippen LogP contribution in [-0.2, 0) is 9.53 Å². The molecule has 0 bridgehead atoms. The number of alkyl halides is 4. The van der Waals surface area contributed by atoms with Gasteiger partial charge in [0.25, 0.3) is 0 Å². The highest BCUT2D eigenvalue weighted by Crippen LogP contribution is 2.44. The lowest BCUT2D eigenvalue weighted by atomic mass is 9.81. The number of halogens is 4. The number of carbonyl (C=O) groups is 1. The van der Waals surface area contributed by atoms with Crippen molar-refractivity contribution < 1.29 is 27.1 Å². The molecule has 0 aromatic heterocycles. The van der Waals surface area contributed by atoms with Gasteiger partial charge in [0.05, 0.1) is 7.11 Å². The summed E-state index contributed by atoms with van der Waals surface area (Å²) in [7, 11) is 0.849. The van der Waals surface area contributed by atoms with Gasteiger partial charge in [0.15, 0.2) is 0 Å². The van der Waals surface area contributed by atoms with E-state index in [2.05, 4.69) is 4.74 Å². The third kappa shape index (κ3) is 2.84. The van der Waals surface area contributed by atoms with Crippen LogP contribution in [0.1, 0.15) is 5.56 Å². The van der Waals surface area contributed by atoms with Gasteiger partial charge in [-0.15, -0.1) is 0 Å².